The molecule has 0 saturated carbocycles. The van der Waals surface area contributed by atoms with E-state index in [9.17, 15) is 13.6 Å². The highest BCUT2D eigenvalue weighted by Crippen LogP contribution is 2.20. The zero-order valence-electron chi connectivity index (χ0n) is 8.45. The summed E-state index contributed by atoms with van der Waals surface area (Å²) in [5, 5.41) is 0. The molecule has 1 heterocycles. The summed E-state index contributed by atoms with van der Waals surface area (Å²) >= 11 is 0. The second-order valence-electron chi connectivity index (χ2n) is 3.77. The van der Waals surface area contributed by atoms with Crippen molar-refractivity contribution in [3.05, 3.63) is 35.4 Å². The third kappa shape index (κ3) is 1.83. The first-order valence-electron chi connectivity index (χ1n) is 4.93. The number of ketones is 1. The van der Waals surface area contributed by atoms with Crippen molar-refractivity contribution in [3.8, 4) is 0 Å². The second-order valence-corrected chi connectivity index (χ2v) is 3.77. The molecule has 86 valence electrons. The van der Waals surface area contributed by atoms with E-state index in [1.807, 2.05) is 0 Å². The molecule has 5 heteroatoms. The predicted molar refractivity (Wildman–Crippen MR) is 53.0 cm³/mol. The number of halogens is 2. The number of benzene rings is 1. The highest BCUT2D eigenvalue weighted by molar-refractivity contribution is 5.98. The largest absolute Gasteiger partial charge is 0.379 e. The van der Waals surface area contributed by atoms with Crippen molar-refractivity contribution >= 4 is 5.78 Å². The molecular formula is C11H11F2NO2. The van der Waals surface area contributed by atoms with Crippen molar-refractivity contribution in [2.75, 3.05) is 13.2 Å². The van der Waals surface area contributed by atoms with Crippen LogP contribution in [-0.4, -0.2) is 25.0 Å². The van der Waals surface area contributed by atoms with Crippen LogP contribution in [0.4, 0.5) is 8.78 Å². The Morgan fingerprint density at radius 2 is 2.12 bits per heavy atom. The normalized spacial score (nSPS) is 24.7. The maximum absolute atomic E-state index is 13.4. The maximum atomic E-state index is 13.4. The van der Waals surface area contributed by atoms with Gasteiger partial charge in [0, 0.05) is 6.04 Å². The van der Waals surface area contributed by atoms with Crippen LogP contribution in [0.5, 0.6) is 0 Å². The molecule has 1 fully saturated rings. The van der Waals surface area contributed by atoms with Gasteiger partial charge in [0.25, 0.3) is 0 Å². The Morgan fingerprint density at radius 3 is 2.75 bits per heavy atom. The van der Waals surface area contributed by atoms with Gasteiger partial charge in [-0.1, -0.05) is 6.07 Å². The lowest BCUT2D eigenvalue weighted by atomic mass is 9.93. The molecule has 1 aliphatic rings. The first kappa shape index (κ1) is 11.2. The molecule has 1 saturated heterocycles. The number of rotatable bonds is 2. The van der Waals surface area contributed by atoms with Crippen LogP contribution in [0.1, 0.15) is 10.4 Å². The SMILES string of the molecule is NC1COCC1C(=O)c1cccc(F)c1F. The molecule has 1 aliphatic heterocycles. The van der Waals surface area contributed by atoms with Crippen LogP contribution in [0, 0.1) is 17.6 Å². The van der Waals surface area contributed by atoms with E-state index in [0.717, 1.165) is 6.07 Å². The number of ether oxygens (including phenoxy) is 1. The molecule has 0 spiro atoms. The van der Waals surface area contributed by atoms with Gasteiger partial charge < -0.3 is 10.5 Å². The average Bonchev–Trinajstić information content (AvgIpc) is 2.68. The van der Waals surface area contributed by atoms with Crippen molar-refractivity contribution in [2.45, 2.75) is 6.04 Å². The Kier molecular flexibility index (Phi) is 2.98. The fraction of sp³-hybridized carbons (Fsp3) is 0.364. The van der Waals surface area contributed by atoms with E-state index in [1.54, 1.807) is 0 Å². The van der Waals surface area contributed by atoms with Gasteiger partial charge in [-0.05, 0) is 12.1 Å². The lowest BCUT2D eigenvalue weighted by Gasteiger charge is -2.12. The Balaban J connectivity index is 2.30. The van der Waals surface area contributed by atoms with E-state index in [4.69, 9.17) is 10.5 Å². The van der Waals surface area contributed by atoms with E-state index in [1.165, 1.54) is 12.1 Å². The fourth-order valence-electron chi connectivity index (χ4n) is 1.73. The summed E-state index contributed by atoms with van der Waals surface area (Å²) in [4.78, 5) is 11.9. The number of Topliss-reactive ketones (excluding diaryl/α,β-unsaturated/α-hetero) is 1. The first-order valence-corrected chi connectivity index (χ1v) is 4.93. The summed E-state index contributed by atoms with van der Waals surface area (Å²) in [5.41, 5.74) is 5.38. The van der Waals surface area contributed by atoms with Crippen LogP contribution in [0.25, 0.3) is 0 Å². The molecule has 0 radical (unpaired) electrons. The molecule has 2 unspecified atom stereocenters. The van der Waals surface area contributed by atoms with Crippen molar-refractivity contribution in [1.29, 1.82) is 0 Å². The molecule has 0 aromatic heterocycles. The van der Waals surface area contributed by atoms with Gasteiger partial charge in [-0.25, -0.2) is 8.78 Å². The Labute approximate surface area is 91.2 Å². The van der Waals surface area contributed by atoms with E-state index < -0.39 is 29.4 Å². The molecule has 1 aromatic carbocycles. The van der Waals surface area contributed by atoms with Crippen LogP contribution < -0.4 is 5.73 Å². The fourth-order valence-corrected chi connectivity index (χ4v) is 1.73. The summed E-state index contributed by atoms with van der Waals surface area (Å²) in [7, 11) is 0. The van der Waals surface area contributed by atoms with Crippen molar-refractivity contribution in [1.82, 2.24) is 0 Å². The smallest absolute Gasteiger partial charge is 0.172 e. The van der Waals surface area contributed by atoms with Crippen molar-refractivity contribution in [3.63, 3.8) is 0 Å². The topological polar surface area (TPSA) is 52.3 Å². The molecule has 16 heavy (non-hydrogen) atoms. The molecule has 0 aliphatic carbocycles. The van der Waals surface area contributed by atoms with Crippen LogP contribution in [0.2, 0.25) is 0 Å². The summed E-state index contributed by atoms with van der Waals surface area (Å²) in [6, 6.07) is 3.07. The number of hydrogen-bond donors (Lipinski definition) is 1. The lowest BCUT2D eigenvalue weighted by molar-refractivity contribution is 0.0891. The first-order chi connectivity index (χ1) is 7.61. The van der Waals surface area contributed by atoms with Gasteiger partial charge in [-0.2, -0.15) is 0 Å². The van der Waals surface area contributed by atoms with Gasteiger partial charge >= 0.3 is 0 Å². The van der Waals surface area contributed by atoms with E-state index in [0.29, 0.717) is 0 Å². The molecule has 0 bridgehead atoms. The van der Waals surface area contributed by atoms with Crippen LogP contribution >= 0.6 is 0 Å². The lowest BCUT2D eigenvalue weighted by Crippen LogP contribution is -2.34. The van der Waals surface area contributed by atoms with Gasteiger partial charge in [0.05, 0.1) is 24.7 Å². The number of nitrogens with two attached hydrogens (primary N) is 1. The average molecular weight is 227 g/mol. The zero-order valence-corrected chi connectivity index (χ0v) is 8.45. The van der Waals surface area contributed by atoms with Crippen molar-refractivity contribution in [2.24, 2.45) is 11.7 Å². The highest BCUT2D eigenvalue weighted by atomic mass is 19.2. The summed E-state index contributed by atoms with van der Waals surface area (Å²) in [5.74, 6) is -3.23. The molecule has 1 aromatic rings. The van der Waals surface area contributed by atoms with Gasteiger partial charge in [-0.15, -0.1) is 0 Å². The van der Waals surface area contributed by atoms with E-state index in [2.05, 4.69) is 0 Å². The summed E-state index contributed by atoms with van der Waals surface area (Å²) in [6.07, 6.45) is 0. The van der Waals surface area contributed by atoms with Crippen LogP contribution in [0.15, 0.2) is 18.2 Å². The Hall–Kier alpha value is -1.33. The minimum absolute atomic E-state index is 0.163. The predicted octanol–water partition coefficient (Wildman–Crippen LogP) is 1.12. The highest BCUT2D eigenvalue weighted by Gasteiger charge is 2.33. The maximum Gasteiger partial charge on any atom is 0.172 e. The second kappa shape index (κ2) is 4.27. The number of carbonyl (C=O) groups excluding carboxylic acids is 1. The molecule has 2 N–H and O–H groups in total. The zero-order chi connectivity index (χ0) is 11.7. The molecule has 2 atom stereocenters. The van der Waals surface area contributed by atoms with Gasteiger partial charge in [-0.3, -0.25) is 4.79 Å². The third-order valence-electron chi connectivity index (χ3n) is 2.68. The molecule has 0 amide bonds. The monoisotopic (exact) mass is 227 g/mol. The van der Waals surface area contributed by atoms with Crippen LogP contribution in [-0.2, 0) is 4.74 Å². The van der Waals surface area contributed by atoms with E-state index >= 15 is 0 Å². The third-order valence-corrected chi connectivity index (χ3v) is 2.68. The standard InChI is InChI=1S/C11H11F2NO2/c12-8-3-1-2-6(10(8)13)11(15)7-4-16-5-9(7)14/h1-3,7,9H,4-5,14H2. The summed E-state index contributed by atoms with van der Waals surface area (Å²) in [6.45, 7) is 0.434. The molecule has 2 rings (SSSR count). The quantitative estimate of drug-likeness (QED) is 0.770. The van der Waals surface area contributed by atoms with Gasteiger partial charge in [0.15, 0.2) is 17.4 Å². The summed E-state index contributed by atoms with van der Waals surface area (Å²) < 4.78 is 31.3. The van der Waals surface area contributed by atoms with Crippen LogP contribution in [0.3, 0.4) is 0 Å². The molecule has 3 nitrogen and oxygen atoms in total. The molecular weight excluding hydrogens is 216 g/mol. The van der Waals surface area contributed by atoms with E-state index in [-0.39, 0.29) is 18.8 Å². The minimum Gasteiger partial charge on any atom is -0.379 e. The number of carbonyl (C=O) groups is 1. The Morgan fingerprint density at radius 1 is 1.38 bits per heavy atom. The Bertz CT molecular complexity index is 422. The van der Waals surface area contributed by atoms with Crippen molar-refractivity contribution < 1.29 is 18.3 Å². The minimum atomic E-state index is -1.12. The van der Waals surface area contributed by atoms with Gasteiger partial charge in [0.2, 0.25) is 0 Å². The number of hydrogen-bond acceptors (Lipinski definition) is 3. The van der Waals surface area contributed by atoms with Gasteiger partial charge in [0.1, 0.15) is 0 Å².